The van der Waals surface area contributed by atoms with Crippen molar-refractivity contribution in [2.45, 2.75) is 17.7 Å². The molecule has 1 aliphatic rings. The van der Waals surface area contributed by atoms with Gasteiger partial charge in [0.2, 0.25) is 0 Å². The Balaban J connectivity index is 1.93. The number of nitro groups is 1. The monoisotopic (exact) mass is 247 g/mol. The summed E-state index contributed by atoms with van der Waals surface area (Å²) in [6, 6.07) is 6.70. The number of nitro benzene ring substituents is 1. The number of nitrogens with zero attached hydrogens (tertiary/aromatic N) is 1. The highest BCUT2D eigenvalue weighted by Crippen LogP contribution is 2.24. The van der Waals surface area contributed by atoms with Crippen LogP contribution in [-0.4, -0.2) is 10.7 Å². The van der Waals surface area contributed by atoms with Crippen molar-refractivity contribution >= 4 is 17.4 Å². The topological polar surface area (TPSA) is 43.1 Å². The average Bonchev–Trinajstić information content (AvgIpc) is 2.38. The number of rotatable bonds is 4. The highest BCUT2D eigenvalue weighted by atomic mass is 32.2. The normalized spacial score (nSPS) is 14.5. The fraction of sp³-hybridized carbons (Fsp3) is 0.231. The number of allylic oxidation sites excluding steroid dienone is 3. The summed E-state index contributed by atoms with van der Waals surface area (Å²) in [6.45, 7) is 0. The Labute approximate surface area is 104 Å². The molecule has 1 aromatic rings. The molecule has 0 fully saturated rings. The van der Waals surface area contributed by atoms with Gasteiger partial charge in [0.1, 0.15) is 0 Å². The van der Waals surface area contributed by atoms with E-state index >= 15 is 0 Å². The van der Waals surface area contributed by atoms with Crippen molar-refractivity contribution in [1.82, 2.24) is 0 Å². The van der Waals surface area contributed by atoms with Gasteiger partial charge in [0.15, 0.2) is 0 Å². The van der Waals surface area contributed by atoms with E-state index in [-0.39, 0.29) is 10.6 Å². The summed E-state index contributed by atoms with van der Waals surface area (Å²) in [7, 11) is 0. The van der Waals surface area contributed by atoms with Crippen LogP contribution in [0, 0.1) is 10.1 Å². The molecule has 0 N–H and O–H groups in total. The first-order valence-corrected chi connectivity index (χ1v) is 6.47. The number of hydrogen-bond acceptors (Lipinski definition) is 3. The summed E-state index contributed by atoms with van der Waals surface area (Å²) >= 11 is 1.71. The van der Waals surface area contributed by atoms with Gasteiger partial charge in [-0.05, 0) is 30.5 Å². The van der Waals surface area contributed by atoms with Crippen LogP contribution in [0.3, 0.4) is 0 Å². The molecule has 0 saturated heterocycles. The molecule has 0 saturated carbocycles. The minimum Gasteiger partial charge on any atom is -0.258 e. The summed E-state index contributed by atoms with van der Waals surface area (Å²) in [4.78, 5) is 11.2. The van der Waals surface area contributed by atoms with Gasteiger partial charge in [-0.15, -0.1) is 11.8 Å². The molecule has 1 aliphatic carbocycles. The van der Waals surface area contributed by atoms with Crippen molar-refractivity contribution in [1.29, 1.82) is 0 Å². The molecule has 4 heteroatoms. The molecule has 3 nitrogen and oxygen atoms in total. The van der Waals surface area contributed by atoms with E-state index in [9.17, 15) is 10.1 Å². The maximum Gasteiger partial charge on any atom is 0.269 e. The number of hydrogen-bond donors (Lipinski definition) is 0. The summed E-state index contributed by atoms with van der Waals surface area (Å²) in [6.07, 6.45) is 8.84. The summed E-state index contributed by atoms with van der Waals surface area (Å²) in [5.41, 5.74) is 1.48. The summed E-state index contributed by atoms with van der Waals surface area (Å²) in [5, 5.41) is 10.5. The van der Waals surface area contributed by atoms with Crippen LogP contribution < -0.4 is 0 Å². The third-order valence-electron chi connectivity index (χ3n) is 2.52. The molecule has 1 aromatic carbocycles. The van der Waals surface area contributed by atoms with E-state index in [4.69, 9.17) is 0 Å². The van der Waals surface area contributed by atoms with Crippen LogP contribution in [0.1, 0.15) is 12.8 Å². The second-order valence-electron chi connectivity index (χ2n) is 3.80. The van der Waals surface area contributed by atoms with Crippen molar-refractivity contribution in [2.75, 3.05) is 5.75 Å². The molecule has 0 unspecified atom stereocenters. The Morgan fingerprint density at radius 1 is 1.24 bits per heavy atom. The lowest BCUT2D eigenvalue weighted by Gasteiger charge is -2.06. The fourth-order valence-corrected chi connectivity index (χ4v) is 2.48. The Morgan fingerprint density at radius 2 is 2.00 bits per heavy atom. The highest BCUT2D eigenvalue weighted by molar-refractivity contribution is 7.99. The van der Waals surface area contributed by atoms with Gasteiger partial charge in [-0.2, -0.15) is 0 Å². The molecule has 0 bridgehead atoms. The molecule has 17 heavy (non-hydrogen) atoms. The van der Waals surface area contributed by atoms with Crippen LogP contribution in [0.4, 0.5) is 5.69 Å². The first kappa shape index (κ1) is 11.9. The molecule has 88 valence electrons. The Hall–Kier alpha value is -1.55. The van der Waals surface area contributed by atoms with Gasteiger partial charge in [0, 0.05) is 22.8 Å². The van der Waals surface area contributed by atoms with Crippen molar-refractivity contribution < 1.29 is 4.92 Å². The van der Waals surface area contributed by atoms with Crippen LogP contribution in [0.15, 0.2) is 53.0 Å². The van der Waals surface area contributed by atoms with E-state index in [1.165, 1.54) is 5.57 Å². The van der Waals surface area contributed by atoms with Gasteiger partial charge in [-0.3, -0.25) is 10.1 Å². The van der Waals surface area contributed by atoms with E-state index in [2.05, 4.69) is 18.2 Å². The zero-order chi connectivity index (χ0) is 12.1. The number of non-ortho nitro benzene ring substituents is 1. The first-order valence-electron chi connectivity index (χ1n) is 5.48. The predicted octanol–water partition coefficient (Wildman–Crippen LogP) is 3.96. The minimum absolute atomic E-state index is 0.145. The molecule has 0 aliphatic heterocycles. The Morgan fingerprint density at radius 3 is 2.59 bits per heavy atom. The smallest absolute Gasteiger partial charge is 0.258 e. The molecule has 0 aromatic heterocycles. The van der Waals surface area contributed by atoms with Crippen LogP contribution in [-0.2, 0) is 0 Å². The maximum absolute atomic E-state index is 10.5. The second kappa shape index (κ2) is 5.68. The van der Waals surface area contributed by atoms with Gasteiger partial charge in [-0.25, -0.2) is 0 Å². The van der Waals surface area contributed by atoms with Gasteiger partial charge < -0.3 is 0 Å². The standard InChI is InChI=1S/C13H13NO2S/c15-14(16)12-6-8-13(9-7-12)17-10-11-4-2-1-3-5-11/h2,4-9H,1,3,10H2. The third kappa shape index (κ3) is 3.46. The van der Waals surface area contributed by atoms with E-state index < -0.39 is 0 Å². The summed E-state index contributed by atoms with van der Waals surface area (Å²) < 4.78 is 0. The lowest BCUT2D eigenvalue weighted by Crippen LogP contribution is -1.89. The molecule has 0 heterocycles. The Bertz CT molecular complexity index is 463. The molecule has 0 atom stereocenters. The van der Waals surface area contributed by atoms with Crippen LogP contribution >= 0.6 is 11.8 Å². The lowest BCUT2D eigenvalue weighted by molar-refractivity contribution is -0.384. The van der Waals surface area contributed by atoms with Crippen molar-refractivity contribution in [3.8, 4) is 0 Å². The SMILES string of the molecule is O=[N+]([O-])c1ccc(SCC2=CCCC=C2)cc1. The van der Waals surface area contributed by atoms with Gasteiger partial charge >= 0.3 is 0 Å². The molecule has 0 amide bonds. The van der Waals surface area contributed by atoms with Crippen LogP contribution in [0.25, 0.3) is 0 Å². The average molecular weight is 247 g/mol. The van der Waals surface area contributed by atoms with Crippen LogP contribution in [0.2, 0.25) is 0 Å². The van der Waals surface area contributed by atoms with Gasteiger partial charge in [-0.1, -0.05) is 18.2 Å². The second-order valence-corrected chi connectivity index (χ2v) is 4.85. The van der Waals surface area contributed by atoms with Crippen LogP contribution in [0.5, 0.6) is 0 Å². The molecule has 0 spiro atoms. The minimum atomic E-state index is -0.374. The number of benzene rings is 1. The molecule has 2 rings (SSSR count). The highest BCUT2D eigenvalue weighted by Gasteiger charge is 2.04. The van der Waals surface area contributed by atoms with Gasteiger partial charge in [0.05, 0.1) is 4.92 Å². The summed E-state index contributed by atoms with van der Waals surface area (Å²) in [5.74, 6) is 0.925. The first-order chi connectivity index (χ1) is 8.25. The van der Waals surface area contributed by atoms with E-state index in [1.807, 2.05) is 0 Å². The number of thioether (sulfide) groups is 1. The van der Waals surface area contributed by atoms with Crippen molar-refractivity contribution in [2.24, 2.45) is 0 Å². The molecular formula is C13H13NO2S. The largest absolute Gasteiger partial charge is 0.269 e. The zero-order valence-electron chi connectivity index (χ0n) is 9.33. The molecular weight excluding hydrogens is 234 g/mol. The van der Waals surface area contributed by atoms with E-state index in [0.29, 0.717) is 0 Å². The Kier molecular flexibility index (Phi) is 3.98. The van der Waals surface area contributed by atoms with E-state index in [1.54, 1.807) is 36.0 Å². The van der Waals surface area contributed by atoms with E-state index in [0.717, 1.165) is 23.5 Å². The van der Waals surface area contributed by atoms with Crippen molar-refractivity contribution in [3.05, 3.63) is 58.2 Å². The quantitative estimate of drug-likeness (QED) is 0.459. The maximum atomic E-state index is 10.5. The van der Waals surface area contributed by atoms with Crippen molar-refractivity contribution in [3.63, 3.8) is 0 Å². The van der Waals surface area contributed by atoms with Gasteiger partial charge in [0.25, 0.3) is 5.69 Å². The third-order valence-corrected chi connectivity index (χ3v) is 3.61. The zero-order valence-corrected chi connectivity index (χ0v) is 10.2. The predicted molar refractivity (Wildman–Crippen MR) is 70.3 cm³/mol. The lowest BCUT2D eigenvalue weighted by atomic mass is 10.1. The fourth-order valence-electron chi connectivity index (χ4n) is 1.61. The molecule has 0 radical (unpaired) electrons.